The van der Waals surface area contributed by atoms with Crippen LogP contribution >= 0.6 is 11.3 Å². The van der Waals surface area contributed by atoms with Gasteiger partial charge in [-0.3, -0.25) is 9.59 Å². The van der Waals surface area contributed by atoms with Crippen molar-refractivity contribution in [1.29, 1.82) is 0 Å². The number of carbonyl (C=O) groups excluding carboxylic acids is 2. The number of nitrogens with zero attached hydrogens (tertiary/aromatic N) is 1. The molecule has 6 heteroatoms. The summed E-state index contributed by atoms with van der Waals surface area (Å²) in [5.74, 6) is -0.0903. The van der Waals surface area contributed by atoms with Gasteiger partial charge in [0, 0.05) is 17.6 Å². The highest BCUT2D eigenvalue weighted by atomic mass is 32.1. The molecule has 1 aromatic carbocycles. The number of nitrogens with one attached hydrogen (secondary N) is 2. The summed E-state index contributed by atoms with van der Waals surface area (Å²) in [4.78, 5) is 28.0. The third-order valence-corrected chi connectivity index (χ3v) is 5.03. The molecule has 0 aliphatic heterocycles. The van der Waals surface area contributed by atoms with Gasteiger partial charge in [0.05, 0.1) is 0 Å². The lowest BCUT2D eigenvalue weighted by atomic mass is 9.94. The van der Waals surface area contributed by atoms with E-state index in [2.05, 4.69) is 27.8 Å². The molecule has 1 heterocycles. The Hall–Kier alpha value is -2.21. The van der Waals surface area contributed by atoms with Gasteiger partial charge >= 0.3 is 0 Å². The van der Waals surface area contributed by atoms with Crippen LogP contribution in [0.3, 0.4) is 0 Å². The van der Waals surface area contributed by atoms with Crippen LogP contribution in [-0.4, -0.2) is 22.8 Å². The molecular weight excluding hydrogens is 322 g/mol. The molecule has 1 aliphatic rings. The minimum absolute atomic E-state index is 0.158. The second kappa shape index (κ2) is 8.06. The van der Waals surface area contributed by atoms with Gasteiger partial charge < -0.3 is 10.6 Å². The third kappa shape index (κ3) is 4.64. The van der Waals surface area contributed by atoms with E-state index in [4.69, 9.17) is 0 Å². The molecule has 2 aromatic rings. The molecule has 1 aromatic heterocycles. The van der Waals surface area contributed by atoms with E-state index in [1.165, 1.54) is 16.9 Å². The van der Waals surface area contributed by atoms with E-state index in [1.54, 1.807) is 11.6 Å². The Labute approximate surface area is 145 Å². The van der Waals surface area contributed by atoms with Crippen LogP contribution in [0, 0.1) is 5.92 Å². The summed E-state index contributed by atoms with van der Waals surface area (Å²) in [6.45, 7) is 0. The lowest BCUT2D eigenvalue weighted by Gasteiger charge is -2.21. The van der Waals surface area contributed by atoms with E-state index in [9.17, 15) is 9.59 Å². The molecule has 24 heavy (non-hydrogen) atoms. The lowest BCUT2D eigenvalue weighted by Crippen LogP contribution is -2.39. The Morgan fingerprint density at radius 3 is 2.75 bits per heavy atom. The average molecular weight is 343 g/mol. The smallest absolute Gasteiger partial charge is 0.235 e. The molecule has 0 spiro atoms. The Bertz CT molecular complexity index is 673. The van der Waals surface area contributed by atoms with E-state index in [0.29, 0.717) is 11.0 Å². The molecule has 126 valence electrons. The Balaban J connectivity index is 1.48. The van der Waals surface area contributed by atoms with Crippen molar-refractivity contribution < 1.29 is 9.59 Å². The zero-order valence-electron chi connectivity index (χ0n) is 13.4. The van der Waals surface area contributed by atoms with E-state index in [-0.39, 0.29) is 24.3 Å². The second-order valence-corrected chi connectivity index (χ2v) is 7.01. The van der Waals surface area contributed by atoms with Crippen molar-refractivity contribution in [3.05, 3.63) is 47.5 Å². The van der Waals surface area contributed by atoms with Gasteiger partial charge in [-0.2, -0.15) is 0 Å². The molecule has 0 bridgehead atoms. The van der Waals surface area contributed by atoms with Crippen molar-refractivity contribution >= 4 is 28.3 Å². The second-order valence-electron chi connectivity index (χ2n) is 6.12. The largest absolute Gasteiger partial charge is 0.353 e. The fraction of sp³-hybridized carbons (Fsp3) is 0.389. The highest BCUT2D eigenvalue weighted by Gasteiger charge is 2.29. The van der Waals surface area contributed by atoms with Crippen molar-refractivity contribution in [2.75, 3.05) is 5.32 Å². The summed E-state index contributed by atoms with van der Waals surface area (Å²) in [5, 5.41) is 7.98. The van der Waals surface area contributed by atoms with Crippen LogP contribution in [0.15, 0.2) is 41.9 Å². The van der Waals surface area contributed by atoms with Crippen LogP contribution in [-0.2, 0) is 16.0 Å². The number of hydrogen-bond donors (Lipinski definition) is 2. The summed E-state index contributed by atoms with van der Waals surface area (Å²) >= 11 is 1.34. The zero-order chi connectivity index (χ0) is 16.8. The Morgan fingerprint density at radius 2 is 2.00 bits per heavy atom. The van der Waals surface area contributed by atoms with E-state index >= 15 is 0 Å². The average Bonchev–Trinajstić information content (AvgIpc) is 3.21. The standard InChI is InChI=1S/C18H21N3O2S/c22-16(12-17(23)21-18-19-9-10-24-18)20-15-8-4-7-14(15)11-13-5-2-1-3-6-13/h1-3,5-6,9-10,14-15H,4,7-8,11-12H2,(H,20,22)(H,19,21,23)/t14-,15+/m0/s1. The van der Waals surface area contributed by atoms with Crippen LogP contribution in [0.5, 0.6) is 0 Å². The van der Waals surface area contributed by atoms with Crippen molar-refractivity contribution in [3.63, 3.8) is 0 Å². The first-order chi connectivity index (χ1) is 11.7. The van der Waals surface area contributed by atoms with Crippen molar-refractivity contribution in [2.24, 2.45) is 5.92 Å². The molecule has 0 unspecified atom stereocenters. The molecule has 5 nitrogen and oxygen atoms in total. The van der Waals surface area contributed by atoms with E-state index in [0.717, 1.165) is 25.7 Å². The minimum atomic E-state index is -0.319. The molecule has 1 saturated carbocycles. The number of rotatable bonds is 6. The lowest BCUT2D eigenvalue weighted by molar-refractivity contribution is -0.127. The van der Waals surface area contributed by atoms with Crippen LogP contribution in [0.25, 0.3) is 0 Å². The maximum absolute atomic E-state index is 12.1. The number of aromatic nitrogens is 1. The van der Waals surface area contributed by atoms with Gasteiger partial charge in [-0.05, 0) is 30.7 Å². The van der Waals surface area contributed by atoms with Gasteiger partial charge in [-0.15, -0.1) is 11.3 Å². The molecule has 3 rings (SSSR count). The van der Waals surface area contributed by atoms with Gasteiger partial charge in [-0.25, -0.2) is 4.98 Å². The van der Waals surface area contributed by atoms with Crippen molar-refractivity contribution in [3.8, 4) is 0 Å². The minimum Gasteiger partial charge on any atom is -0.353 e. The van der Waals surface area contributed by atoms with E-state index < -0.39 is 0 Å². The molecule has 2 atom stereocenters. The molecule has 2 N–H and O–H groups in total. The third-order valence-electron chi connectivity index (χ3n) is 4.35. The van der Waals surface area contributed by atoms with Gasteiger partial charge in [0.2, 0.25) is 11.8 Å². The first-order valence-electron chi connectivity index (χ1n) is 8.23. The molecular formula is C18H21N3O2S. The van der Waals surface area contributed by atoms with Crippen LogP contribution in [0.4, 0.5) is 5.13 Å². The molecule has 1 aliphatic carbocycles. The molecule has 1 fully saturated rings. The summed E-state index contributed by atoms with van der Waals surface area (Å²) in [6.07, 6.45) is 5.65. The maximum atomic E-state index is 12.1. The number of carbonyl (C=O) groups is 2. The highest BCUT2D eigenvalue weighted by Crippen LogP contribution is 2.29. The SMILES string of the molecule is O=C(CC(=O)N[C@@H]1CCC[C@H]1Cc1ccccc1)Nc1nccs1. The quantitative estimate of drug-likeness (QED) is 0.792. The summed E-state index contributed by atoms with van der Waals surface area (Å²) < 4.78 is 0. The molecule has 2 amide bonds. The Kier molecular flexibility index (Phi) is 5.59. The fourth-order valence-corrected chi connectivity index (χ4v) is 3.79. The zero-order valence-corrected chi connectivity index (χ0v) is 14.2. The molecule has 0 radical (unpaired) electrons. The van der Waals surface area contributed by atoms with Gasteiger partial charge in [0.25, 0.3) is 0 Å². The van der Waals surface area contributed by atoms with Crippen molar-refractivity contribution in [2.45, 2.75) is 38.1 Å². The van der Waals surface area contributed by atoms with Crippen LogP contribution in [0.1, 0.15) is 31.2 Å². The number of amides is 2. The fourth-order valence-electron chi connectivity index (χ4n) is 3.24. The summed E-state index contributed by atoms with van der Waals surface area (Å²) in [7, 11) is 0. The normalized spacial score (nSPS) is 19.8. The predicted octanol–water partition coefficient (Wildman–Crippen LogP) is 3.00. The number of anilines is 1. The number of benzene rings is 1. The highest BCUT2D eigenvalue weighted by molar-refractivity contribution is 7.13. The maximum Gasteiger partial charge on any atom is 0.235 e. The van der Waals surface area contributed by atoms with Crippen LogP contribution in [0.2, 0.25) is 0 Å². The number of hydrogen-bond acceptors (Lipinski definition) is 4. The van der Waals surface area contributed by atoms with Gasteiger partial charge in [0.15, 0.2) is 5.13 Å². The molecule has 0 saturated heterocycles. The van der Waals surface area contributed by atoms with Crippen LogP contribution < -0.4 is 10.6 Å². The summed E-state index contributed by atoms with van der Waals surface area (Å²) in [5.41, 5.74) is 1.30. The first kappa shape index (κ1) is 16.6. The van der Waals surface area contributed by atoms with Gasteiger partial charge in [-0.1, -0.05) is 36.8 Å². The number of thiazole rings is 1. The summed E-state index contributed by atoms with van der Waals surface area (Å²) in [6, 6.07) is 10.5. The topological polar surface area (TPSA) is 71.1 Å². The first-order valence-corrected chi connectivity index (χ1v) is 9.11. The Morgan fingerprint density at radius 1 is 1.17 bits per heavy atom. The monoisotopic (exact) mass is 343 g/mol. The predicted molar refractivity (Wildman–Crippen MR) is 94.8 cm³/mol. The van der Waals surface area contributed by atoms with E-state index in [1.807, 2.05) is 18.2 Å². The van der Waals surface area contributed by atoms with Gasteiger partial charge in [0.1, 0.15) is 6.42 Å². The van der Waals surface area contributed by atoms with Crippen molar-refractivity contribution in [1.82, 2.24) is 10.3 Å².